The number of sulfonamides is 1. The maximum absolute atomic E-state index is 12.9. The molecule has 0 unspecified atom stereocenters. The summed E-state index contributed by atoms with van der Waals surface area (Å²) in [5.74, 6) is 0. The zero-order chi connectivity index (χ0) is 21.8. The highest BCUT2D eigenvalue weighted by Crippen LogP contribution is 2.28. The fourth-order valence-corrected chi connectivity index (χ4v) is 5.55. The normalized spacial score (nSPS) is 15.4. The Bertz CT molecular complexity index is 1210. The smallest absolute Gasteiger partial charge is 0.243 e. The van der Waals surface area contributed by atoms with Gasteiger partial charge >= 0.3 is 0 Å². The topological polar surface area (TPSA) is 83.9 Å². The second-order valence-corrected chi connectivity index (χ2v) is 10.3. The molecule has 31 heavy (non-hydrogen) atoms. The minimum absolute atomic E-state index is 0.241. The van der Waals surface area contributed by atoms with Gasteiger partial charge in [0.15, 0.2) is 0 Å². The van der Waals surface area contributed by atoms with Gasteiger partial charge in [0.25, 0.3) is 0 Å². The SMILES string of the molecule is O=S(=O)(c1cccc(-c2csc(NN=Cc3ccc(Cl)cc3Cl)n2)c1)N1CCOCC1. The van der Waals surface area contributed by atoms with Gasteiger partial charge in [0.1, 0.15) is 0 Å². The molecule has 0 amide bonds. The molecule has 1 N–H and O–H groups in total. The Morgan fingerprint density at radius 1 is 1.16 bits per heavy atom. The van der Waals surface area contributed by atoms with Gasteiger partial charge in [0.05, 0.1) is 35.0 Å². The predicted octanol–water partition coefficient (Wildman–Crippen LogP) is 4.58. The van der Waals surface area contributed by atoms with Crippen molar-refractivity contribution in [3.8, 4) is 11.3 Å². The first kappa shape index (κ1) is 22.2. The molecule has 7 nitrogen and oxygen atoms in total. The van der Waals surface area contributed by atoms with Crippen LogP contribution in [-0.4, -0.2) is 50.2 Å². The lowest BCUT2D eigenvalue weighted by atomic mass is 10.2. The van der Waals surface area contributed by atoms with E-state index >= 15 is 0 Å². The lowest BCUT2D eigenvalue weighted by Crippen LogP contribution is -2.40. The largest absolute Gasteiger partial charge is 0.379 e. The molecule has 2 heterocycles. The minimum atomic E-state index is -3.57. The van der Waals surface area contributed by atoms with Gasteiger partial charge in [-0.2, -0.15) is 9.41 Å². The van der Waals surface area contributed by atoms with Gasteiger partial charge < -0.3 is 4.74 Å². The van der Waals surface area contributed by atoms with Gasteiger partial charge in [-0.3, -0.25) is 5.43 Å². The molecular weight excluding hydrogens is 479 g/mol. The summed E-state index contributed by atoms with van der Waals surface area (Å²) in [5.41, 5.74) is 4.96. The highest BCUT2D eigenvalue weighted by atomic mass is 35.5. The first-order valence-electron chi connectivity index (χ1n) is 9.31. The van der Waals surface area contributed by atoms with Crippen LogP contribution in [0.1, 0.15) is 5.56 Å². The number of hydrazone groups is 1. The zero-order valence-electron chi connectivity index (χ0n) is 16.2. The van der Waals surface area contributed by atoms with E-state index in [-0.39, 0.29) is 4.90 Å². The van der Waals surface area contributed by atoms with Crippen LogP contribution in [0.25, 0.3) is 11.3 Å². The highest BCUT2D eigenvalue weighted by Gasteiger charge is 2.26. The maximum Gasteiger partial charge on any atom is 0.243 e. The number of nitrogens with zero attached hydrogens (tertiary/aromatic N) is 3. The fraction of sp³-hybridized carbons (Fsp3) is 0.200. The summed E-state index contributed by atoms with van der Waals surface area (Å²) in [5, 5.41) is 7.62. The van der Waals surface area contributed by atoms with Gasteiger partial charge in [0, 0.05) is 34.6 Å². The van der Waals surface area contributed by atoms with E-state index < -0.39 is 10.0 Å². The van der Waals surface area contributed by atoms with Crippen LogP contribution in [0.4, 0.5) is 5.13 Å². The Kier molecular flexibility index (Phi) is 6.90. The second kappa shape index (κ2) is 9.64. The molecule has 2 aromatic carbocycles. The Hall–Kier alpha value is -2.01. The van der Waals surface area contributed by atoms with Crippen molar-refractivity contribution in [3.05, 3.63) is 63.5 Å². The Balaban J connectivity index is 1.49. The van der Waals surface area contributed by atoms with E-state index in [9.17, 15) is 8.42 Å². The first-order chi connectivity index (χ1) is 14.9. The van der Waals surface area contributed by atoms with Crippen LogP contribution in [0, 0.1) is 0 Å². The molecule has 1 aliphatic heterocycles. The number of halogens is 2. The Morgan fingerprint density at radius 3 is 2.74 bits per heavy atom. The van der Waals surface area contributed by atoms with E-state index in [4.69, 9.17) is 27.9 Å². The summed E-state index contributed by atoms with van der Waals surface area (Å²) in [6, 6.07) is 11.9. The average Bonchev–Trinajstić information content (AvgIpc) is 3.25. The second-order valence-electron chi connectivity index (χ2n) is 6.62. The third-order valence-corrected chi connectivity index (χ3v) is 7.77. The van der Waals surface area contributed by atoms with Gasteiger partial charge in [-0.15, -0.1) is 11.3 Å². The van der Waals surface area contributed by atoms with Crippen LogP contribution in [0.2, 0.25) is 10.0 Å². The summed E-state index contributed by atoms with van der Waals surface area (Å²) < 4.78 is 32.5. The molecule has 162 valence electrons. The quantitative estimate of drug-likeness (QED) is 0.398. The van der Waals surface area contributed by atoms with Crippen molar-refractivity contribution in [1.29, 1.82) is 0 Å². The number of rotatable bonds is 6. The number of nitrogens with one attached hydrogen (secondary N) is 1. The minimum Gasteiger partial charge on any atom is -0.379 e. The van der Waals surface area contributed by atoms with E-state index in [0.717, 1.165) is 5.56 Å². The highest BCUT2D eigenvalue weighted by molar-refractivity contribution is 7.89. The summed E-state index contributed by atoms with van der Waals surface area (Å²) in [7, 11) is -3.57. The number of anilines is 1. The van der Waals surface area contributed by atoms with Crippen LogP contribution in [-0.2, 0) is 14.8 Å². The van der Waals surface area contributed by atoms with E-state index in [1.54, 1.807) is 42.6 Å². The van der Waals surface area contributed by atoms with Crippen LogP contribution in [0.3, 0.4) is 0 Å². The van der Waals surface area contributed by atoms with Crippen molar-refractivity contribution in [3.63, 3.8) is 0 Å². The van der Waals surface area contributed by atoms with Crippen molar-refractivity contribution < 1.29 is 13.2 Å². The number of thiazole rings is 1. The van der Waals surface area contributed by atoms with Crippen molar-refractivity contribution in [1.82, 2.24) is 9.29 Å². The molecule has 0 radical (unpaired) electrons. The number of aromatic nitrogens is 1. The third-order valence-electron chi connectivity index (χ3n) is 4.57. The number of hydrogen-bond donors (Lipinski definition) is 1. The Morgan fingerprint density at radius 2 is 1.97 bits per heavy atom. The molecule has 0 saturated carbocycles. The molecule has 0 bridgehead atoms. The monoisotopic (exact) mass is 496 g/mol. The molecule has 1 aliphatic rings. The molecule has 0 aliphatic carbocycles. The molecule has 1 fully saturated rings. The maximum atomic E-state index is 12.9. The third kappa shape index (κ3) is 5.25. The van der Waals surface area contributed by atoms with Crippen LogP contribution < -0.4 is 5.43 Å². The van der Waals surface area contributed by atoms with Crippen LogP contribution in [0.15, 0.2) is 57.8 Å². The molecular formula is C20H18Cl2N4O3S2. The summed E-state index contributed by atoms with van der Waals surface area (Å²) in [6.45, 7) is 1.52. The summed E-state index contributed by atoms with van der Waals surface area (Å²) in [6.07, 6.45) is 1.58. The molecule has 4 rings (SSSR count). The standard InChI is InChI=1S/C20H18Cl2N4O3S2/c21-16-5-4-15(18(22)11-16)12-23-25-20-24-19(13-30-20)14-2-1-3-17(10-14)31(27,28)26-6-8-29-9-7-26/h1-5,10-13H,6-9H2,(H,24,25). The number of ether oxygens (including phenoxy) is 1. The van der Waals surface area contributed by atoms with Gasteiger partial charge in [-0.1, -0.05) is 41.4 Å². The van der Waals surface area contributed by atoms with Gasteiger partial charge in [-0.25, -0.2) is 13.4 Å². The molecule has 0 atom stereocenters. The molecule has 1 saturated heterocycles. The molecule has 1 aromatic heterocycles. The molecule has 11 heteroatoms. The van der Waals surface area contributed by atoms with Crippen LogP contribution in [0.5, 0.6) is 0 Å². The lowest BCUT2D eigenvalue weighted by Gasteiger charge is -2.26. The van der Waals surface area contributed by atoms with Crippen molar-refractivity contribution in [2.75, 3.05) is 31.7 Å². The lowest BCUT2D eigenvalue weighted by molar-refractivity contribution is 0.0730. The van der Waals surface area contributed by atoms with Gasteiger partial charge in [-0.05, 0) is 24.3 Å². The van der Waals surface area contributed by atoms with E-state index in [0.29, 0.717) is 52.7 Å². The zero-order valence-corrected chi connectivity index (χ0v) is 19.3. The van der Waals surface area contributed by atoms with Crippen molar-refractivity contribution >= 4 is 55.9 Å². The first-order valence-corrected chi connectivity index (χ1v) is 12.4. The number of benzene rings is 2. The van der Waals surface area contributed by atoms with E-state index in [1.165, 1.54) is 15.6 Å². The summed E-state index contributed by atoms with van der Waals surface area (Å²) >= 11 is 13.4. The van der Waals surface area contributed by atoms with Crippen LogP contribution >= 0.6 is 34.5 Å². The van der Waals surface area contributed by atoms with Crippen molar-refractivity contribution in [2.24, 2.45) is 5.10 Å². The predicted molar refractivity (Wildman–Crippen MR) is 125 cm³/mol. The number of hydrogen-bond acceptors (Lipinski definition) is 7. The molecule has 0 spiro atoms. The van der Waals surface area contributed by atoms with E-state index in [1.807, 2.05) is 11.4 Å². The summed E-state index contributed by atoms with van der Waals surface area (Å²) in [4.78, 5) is 4.74. The average molecular weight is 497 g/mol. The molecule has 3 aromatic rings. The van der Waals surface area contributed by atoms with E-state index in [2.05, 4.69) is 15.5 Å². The number of morpholine rings is 1. The van der Waals surface area contributed by atoms with Crippen molar-refractivity contribution in [2.45, 2.75) is 4.90 Å². The van der Waals surface area contributed by atoms with Gasteiger partial charge in [0.2, 0.25) is 15.2 Å². The fourth-order valence-electron chi connectivity index (χ4n) is 2.97. The Labute approximate surface area is 194 Å².